The van der Waals surface area contributed by atoms with E-state index in [0.717, 1.165) is 6.42 Å². The van der Waals surface area contributed by atoms with Gasteiger partial charge >= 0.3 is 0 Å². The standard InChI is InChI=1S/C17H26N4O4S.HI/c1-18-17(19-6-3-9-26(2,24)25)20-7-8-21-15(22)13-11-4-5-12(10-11)14(13)16(21)23;/h4-5,11-14H,3,6-10H2,1-2H3,(H2,18,19,20);1H. The van der Waals surface area contributed by atoms with Crippen LogP contribution in [0.4, 0.5) is 0 Å². The van der Waals surface area contributed by atoms with Gasteiger partial charge in [0.15, 0.2) is 5.96 Å². The van der Waals surface area contributed by atoms with Crippen LogP contribution in [0.15, 0.2) is 17.1 Å². The van der Waals surface area contributed by atoms with Crippen molar-refractivity contribution in [3.05, 3.63) is 12.2 Å². The maximum Gasteiger partial charge on any atom is 0.233 e. The van der Waals surface area contributed by atoms with Crippen molar-refractivity contribution < 1.29 is 18.0 Å². The van der Waals surface area contributed by atoms with Gasteiger partial charge in [-0.1, -0.05) is 12.2 Å². The lowest BCUT2D eigenvalue weighted by molar-refractivity contribution is -0.140. The number of hydrogen-bond donors (Lipinski definition) is 2. The summed E-state index contributed by atoms with van der Waals surface area (Å²) in [4.78, 5) is 30.6. The number of allylic oxidation sites excluding steroid dienone is 2. The molecule has 1 saturated carbocycles. The molecule has 4 atom stereocenters. The molecular weight excluding hydrogens is 483 g/mol. The number of amides is 2. The highest BCUT2D eigenvalue weighted by molar-refractivity contribution is 14.0. The van der Waals surface area contributed by atoms with Crippen LogP contribution < -0.4 is 10.6 Å². The summed E-state index contributed by atoms with van der Waals surface area (Å²) in [5, 5.41) is 6.10. The molecule has 3 aliphatic rings. The van der Waals surface area contributed by atoms with Crippen molar-refractivity contribution in [2.24, 2.45) is 28.7 Å². The summed E-state index contributed by atoms with van der Waals surface area (Å²) in [7, 11) is -1.35. The summed E-state index contributed by atoms with van der Waals surface area (Å²) in [6, 6.07) is 0. The van der Waals surface area contributed by atoms with E-state index in [1.165, 1.54) is 11.2 Å². The third-order valence-corrected chi connectivity index (χ3v) is 6.43. The third-order valence-electron chi connectivity index (χ3n) is 5.40. The number of likely N-dealkylation sites (tertiary alicyclic amines) is 1. The zero-order chi connectivity index (χ0) is 18.9. The van der Waals surface area contributed by atoms with Crippen LogP contribution in [0.1, 0.15) is 12.8 Å². The Labute approximate surface area is 177 Å². The summed E-state index contributed by atoms with van der Waals surface area (Å²) in [5.74, 6) is 0.681. The van der Waals surface area contributed by atoms with Crippen LogP contribution in [0.3, 0.4) is 0 Å². The van der Waals surface area contributed by atoms with E-state index in [0.29, 0.717) is 32.0 Å². The van der Waals surface area contributed by atoms with Crippen molar-refractivity contribution in [1.29, 1.82) is 0 Å². The second-order valence-electron chi connectivity index (χ2n) is 7.24. The summed E-state index contributed by atoms with van der Waals surface area (Å²) in [6.07, 6.45) is 6.80. The molecular formula is C17H27IN4O4S. The number of imide groups is 1. The number of aliphatic imine (C=N–C) groups is 1. The van der Waals surface area contributed by atoms with Gasteiger partial charge in [0.2, 0.25) is 11.8 Å². The monoisotopic (exact) mass is 510 g/mol. The molecule has 2 bridgehead atoms. The zero-order valence-electron chi connectivity index (χ0n) is 15.6. The SMILES string of the molecule is CN=C(NCCCS(C)(=O)=O)NCCN1C(=O)C2C3C=CC(C3)C2C1=O.I. The lowest BCUT2D eigenvalue weighted by Crippen LogP contribution is -2.44. The van der Waals surface area contributed by atoms with E-state index < -0.39 is 9.84 Å². The number of guanidine groups is 1. The van der Waals surface area contributed by atoms with Crippen LogP contribution >= 0.6 is 24.0 Å². The molecule has 0 radical (unpaired) electrons. The van der Waals surface area contributed by atoms with E-state index in [2.05, 4.69) is 27.8 Å². The van der Waals surface area contributed by atoms with Crippen molar-refractivity contribution in [3.63, 3.8) is 0 Å². The fourth-order valence-electron chi connectivity index (χ4n) is 4.23. The predicted octanol–water partition coefficient (Wildman–Crippen LogP) is 0.0112. The number of hydrogen-bond acceptors (Lipinski definition) is 5. The summed E-state index contributed by atoms with van der Waals surface area (Å²) in [6.45, 7) is 1.20. The smallest absolute Gasteiger partial charge is 0.233 e. The minimum absolute atomic E-state index is 0. The second kappa shape index (κ2) is 8.89. The van der Waals surface area contributed by atoms with E-state index >= 15 is 0 Å². The fraction of sp³-hybridized carbons (Fsp3) is 0.706. The molecule has 1 aliphatic heterocycles. The molecule has 4 unspecified atom stereocenters. The maximum atomic E-state index is 12.6. The van der Waals surface area contributed by atoms with Gasteiger partial charge in [-0.3, -0.25) is 19.5 Å². The first-order chi connectivity index (χ1) is 12.3. The van der Waals surface area contributed by atoms with Crippen molar-refractivity contribution in [1.82, 2.24) is 15.5 Å². The lowest BCUT2D eigenvalue weighted by Gasteiger charge is -2.18. The second-order valence-corrected chi connectivity index (χ2v) is 9.50. The van der Waals surface area contributed by atoms with Crippen molar-refractivity contribution in [3.8, 4) is 0 Å². The first-order valence-electron chi connectivity index (χ1n) is 8.97. The van der Waals surface area contributed by atoms with E-state index in [9.17, 15) is 18.0 Å². The molecule has 2 amide bonds. The average molecular weight is 510 g/mol. The molecule has 2 N–H and O–H groups in total. The number of halogens is 1. The Kier molecular flexibility index (Phi) is 7.28. The first kappa shape index (κ1) is 22.1. The summed E-state index contributed by atoms with van der Waals surface area (Å²) >= 11 is 0. The number of carbonyl (C=O) groups is 2. The molecule has 1 saturated heterocycles. The van der Waals surface area contributed by atoms with Crippen LogP contribution in [0.5, 0.6) is 0 Å². The van der Waals surface area contributed by atoms with E-state index in [4.69, 9.17) is 0 Å². The van der Waals surface area contributed by atoms with Crippen LogP contribution in [-0.2, 0) is 19.4 Å². The Morgan fingerprint density at radius 1 is 1.15 bits per heavy atom. The summed E-state index contributed by atoms with van der Waals surface area (Å²) < 4.78 is 22.2. The largest absolute Gasteiger partial charge is 0.356 e. The first-order valence-corrected chi connectivity index (χ1v) is 11.0. The van der Waals surface area contributed by atoms with Crippen LogP contribution in [0.2, 0.25) is 0 Å². The molecule has 10 heteroatoms. The van der Waals surface area contributed by atoms with Gasteiger partial charge in [0.25, 0.3) is 0 Å². The summed E-state index contributed by atoms with van der Waals surface area (Å²) in [5.41, 5.74) is 0. The Morgan fingerprint density at radius 3 is 2.22 bits per heavy atom. The van der Waals surface area contributed by atoms with E-state index in [-0.39, 0.29) is 65.2 Å². The maximum absolute atomic E-state index is 12.6. The van der Waals surface area contributed by atoms with Crippen molar-refractivity contribution >= 4 is 51.6 Å². The van der Waals surface area contributed by atoms with E-state index in [1.807, 2.05) is 0 Å². The molecule has 3 rings (SSSR count). The third kappa shape index (κ3) is 4.82. The molecule has 0 aromatic heterocycles. The van der Waals surface area contributed by atoms with Crippen molar-refractivity contribution in [2.75, 3.05) is 38.7 Å². The van der Waals surface area contributed by atoms with Crippen LogP contribution in [0.25, 0.3) is 0 Å². The van der Waals surface area contributed by atoms with Gasteiger partial charge in [-0.15, -0.1) is 24.0 Å². The number of nitrogens with one attached hydrogen (secondary N) is 2. The fourth-order valence-corrected chi connectivity index (χ4v) is 4.90. The van der Waals surface area contributed by atoms with Gasteiger partial charge in [0.1, 0.15) is 9.84 Å². The Bertz CT molecular complexity index is 722. The topological polar surface area (TPSA) is 108 Å². The number of rotatable bonds is 7. The van der Waals surface area contributed by atoms with Crippen LogP contribution in [0, 0.1) is 23.7 Å². The molecule has 152 valence electrons. The average Bonchev–Trinajstić information content (AvgIpc) is 3.25. The van der Waals surface area contributed by atoms with Gasteiger partial charge in [0, 0.05) is 32.9 Å². The van der Waals surface area contributed by atoms with Gasteiger partial charge in [-0.25, -0.2) is 8.42 Å². The van der Waals surface area contributed by atoms with Gasteiger partial charge in [-0.05, 0) is 24.7 Å². The normalized spacial score (nSPS) is 29.1. The molecule has 0 aromatic carbocycles. The molecule has 2 fully saturated rings. The predicted molar refractivity (Wildman–Crippen MR) is 114 cm³/mol. The molecule has 1 heterocycles. The van der Waals surface area contributed by atoms with Gasteiger partial charge < -0.3 is 10.6 Å². The molecule has 8 nitrogen and oxygen atoms in total. The Hall–Kier alpha value is -1.17. The minimum atomic E-state index is -2.97. The van der Waals surface area contributed by atoms with Crippen molar-refractivity contribution in [2.45, 2.75) is 12.8 Å². The minimum Gasteiger partial charge on any atom is -0.356 e. The Morgan fingerprint density at radius 2 is 1.70 bits per heavy atom. The zero-order valence-corrected chi connectivity index (χ0v) is 18.7. The highest BCUT2D eigenvalue weighted by atomic mass is 127. The highest BCUT2D eigenvalue weighted by Gasteiger charge is 2.58. The highest BCUT2D eigenvalue weighted by Crippen LogP contribution is 2.52. The number of carbonyl (C=O) groups excluding carboxylic acids is 2. The number of sulfone groups is 1. The Balaban J connectivity index is 0.00000261. The number of fused-ring (bicyclic) bond motifs is 5. The van der Waals surface area contributed by atoms with Gasteiger partial charge in [0.05, 0.1) is 17.6 Å². The van der Waals surface area contributed by atoms with Gasteiger partial charge in [-0.2, -0.15) is 0 Å². The quantitative estimate of drug-likeness (QED) is 0.125. The molecule has 2 aliphatic carbocycles. The lowest BCUT2D eigenvalue weighted by atomic mass is 9.85. The van der Waals surface area contributed by atoms with E-state index in [1.54, 1.807) is 7.05 Å². The van der Waals surface area contributed by atoms with Crippen LogP contribution in [-0.4, -0.2) is 69.8 Å². The molecule has 0 aromatic rings. The molecule has 0 spiro atoms. The molecule has 27 heavy (non-hydrogen) atoms. The number of nitrogens with zero attached hydrogens (tertiary/aromatic N) is 2.